The van der Waals surface area contributed by atoms with Gasteiger partial charge in [-0.2, -0.15) is 26.3 Å². The van der Waals surface area contributed by atoms with Gasteiger partial charge in [-0.05, 0) is 30.1 Å². The lowest BCUT2D eigenvalue weighted by Gasteiger charge is -2.14. The summed E-state index contributed by atoms with van der Waals surface area (Å²) in [5, 5.41) is 8.90. The number of nitrogens with zero attached hydrogens (tertiary/aromatic N) is 1. The summed E-state index contributed by atoms with van der Waals surface area (Å²) >= 11 is 5.83. The first-order chi connectivity index (χ1) is 15.4. The highest BCUT2D eigenvalue weighted by atomic mass is 35.5. The molecule has 0 spiro atoms. The van der Waals surface area contributed by atoms with Gasteiger partial charge in [0.25, 0.3) is 0 Å². The summed E-state index contributed by atoms with van der Waals surface area (Å²) in [6.07, 6.45) is -6.56. The molecule has 0 aliphatic rings. The van der Waals surface area contributed by atoms with Gasteiger partial charge >= 0.3 is 12.1 Å². The van der Waals surface area contributed by atoms with Crippen LogP contribution in [0.5, 0.6) is 5.75 Å². The number of carboxylic acids is 1. The molecule has 1 aromatic heterocycles. The molecule has 0 amide bonds. The number of aliphatic carboxylic acids is 1. The van der Waals surface area contributed by atoms with Gasteiger partial charge in [0.05, 0.1) is 5.69 Å². The van der Waals surface area contributed by atoms with E-state index >= 15 is 0 Å². The summed E-state index contributed by atoms with van der Waals surface area (Å²) in [5.74, 6) is -10.8. The summed E-state index contributed by atoms with van der Waals surface area (Å²) in [6.45, 7) is -1.12. The Balaban J connectivity index is 2.01. The van der Waals surface area contributed by atoms with Crippen LogP contribution in [0.2, 0.25) is 5.02 Å². The van der Waals surface area contributed by atoms with Gasteiger partial charge < -0.3 is 9.84 Å². The Labute approximate surface area is 190 Å². The molecule has 0 saturated heterocycles. The highest BCUT2D eigenvalue weighted by Gasteiger charge is 2.38. The molecule has 0 unspecified atom stereocenters. The molecule has 0 atom stereocenters. The Hall–Kier alpha value is -2.86. The Bertz CT molecular complexity index is 1170. The van der Waals surface area contributed by atoms with E-state index in [2.05, 4.69) is 4.37 Å². The molecule has 4 nitrogen and oxygen atoms in total. The van der Waals surface area contributed by atoms with Crippen molar-refractivity contribution in [2.75, 3.05) is 0 Å². The molecular formula is C20H11ClF7NO3S. The van der Waals surface area contributed by atoms with Crippen molar-refractivity contribution >= 4 is 29.1 Å². The SMILES string of the molecule is O=C(O)CCc1c(F)c(F)c(OCc2c(-c3ccc(Cl)cc3)nsc2C(F)(F)F)c(F)c1F. The number of carboxylic acid groups (broad SMARTS) is 1. The first-order valence-electron chi connectivity index (χ1n) is 8.92. The molecule has 2 aromatic carbocycles. The van der Waals surface area contributed by atoms with Gasteiger partial charge in [0.2, 0.25) is 11.6 Å². The second-order valence-electron chi connectivity index (χ2n) is 6.59. The monoisotopic (exact) mass is 513 g/mol. The number of rotatable bonds is 7. The number of ether oxygens (including phenoxy) is 1. The Morgan fingerprint density at radius 2 is 1.58 bits per heavy atom. The van der Waals surface area contributed by atoms with E-state index in [-0.39, 0.29) is 22.8 Å². The molecule has 0 fully saturated rings. The Kier molecular flexibility index (Phi) is 7.17. The number of benzene rings is 2. The second-order valence-corrected chi connectivity index (χ2v) is 7.80. The third-order valence-corrected chi connectivity index (χ3v) is 5.61. The topological polar surface area (TPSA) is 59.4 Å². The van der Waals surface area contributed by atoms with E-state index < -0.39 is 76.6 Å². The van der Waals surface area contributed by atoms with Crippen LogP contribution in [0.25, 0.3) is 11.3 Å². The predicted molar refractivity (Wildman–Crippen MR) is 104 cm³/mol. The zero-order valence-electron chi connectivity index (χ0n) is 16.1. The van der Waals surface area contributed by atoms with Crippen LogP contribution in [-0.2, 0) is 24.0 Å². The number of halogens is 8. The molecule has 3 aromatic rings. The lowest BCUT2D eigenvalue weighted by Crippen LogP contribution is -2.12. The zero-order valence-corrected chi connectivity index (χ0v) is 17.6. The maximum Gasteiger partial charge on any atom is 0.427 e. The van der Waals surface area contributed by atoms with Crippen molar-refractivity contribution in [1.29, 1.82) is 0 Å². The fraction of sp³-hybridized carbons (Fsp3) is 0.200. The van der Waals surface area contributed by atoms with Crippen LogP contribution in [0.1, 0.15) is 22.4 Å². The Morgan fingerprint density at radius 3 is 2.09 bits per heavy atom. The molecule has 0 aliphatic carbocycles. The van der Waals surface area contributed by atoms with E-state index in [1.54, 1.807) is 0 Å². The van der Waals surface area contributed by atoms with Crippen LogP contribution in [0, 0.1) is 23.3 Å². The van der Waals surface area contributed by atoms with Crippen molar-refractivity contribution in [3.05, 3.63) is 68.6 Å². The van der Waals surface area contributed by atoms with Gasteiger partial charge in [0, 0.05) is 28.1 Å². The first kappa shape index (κ1) is 24.8. The van der Waals surface area contributed by atoms with Gasteiger partial charge in [-0.25, -0.2) is 8.78 Å². The van der Waals surface area contributed by atoms with Crippen LogP contribution in [-0.4, -0.2) is 15.4 Å². The fourth-order valence-electron chi connectivity index (χ4n) is 2.88. The molecule has 176 valence electrons. The molecule has 33 heavy (non-hydrogen) atoms. The van der Waals surface area contributed by atoms with Crippen molar-refractivity contribution < 1.29 is 45.4 Å². The summed E-state index contributed by atoms with van der Waals surface area (Å²) in [5.41, 5.74) is -1.80. The highest BCUT2D eigenvalue weighted by Crippen LogP contribution is 2.41. The molecule has 1 heterocycles. The maximum absolute atomic E-state index is 14.4. The summed E-state index contributed by atoms with van der Waals surface area (Å²) in [7, 11) is 0. The second kappa shape index (κ2) is 9.56. The van der Waals surface area contributed by atoms with Crippen molar-refractivity contribution in [1.82, 2.24) is 4.37 Å². The average molecular weight is 514 g/mol. The standard InChI is InChI=1S/C20H11ClF7NO3S/c21-9-3-1-8(2-4-9)17-11(19(33-29-17)20(26,27)28)7-32-18-15(24)13(22)10(5-6-12(30)31)14(23)16(18)25/h1-4H,5-7H2,(H,30,31). The van der Waals surface area contributed by atoms with Gasteiger partial charge in [-0.1, -0.05) is 23.7 Å². The van der Waals surface area contributed by atoms with E-state index in [1.807, 2.05) is 0 Å². The van der Waals surface area contributed by atoms with Crippen molar-refractivity contribution in [2.45, 2.75) is 25.6 Å². The van der Waals surface area contributed by atoms with E-state index in [1.165, 1.54) is 24.3 Å². The molecule has 0 saturated carbocycles. The van der Waals surface area contributed by atoms with E-state index in [4.69, 9.17) is 21.4 Å². The first-order valence-corrected chi connectivity index (χ1v) is 10.1. The minimum atomic E-state index is -4.89. The highest BCUT2D eigenvalue weighted by molar-refractivity contribution is 7.06. The lowest BCUT2D eigenvalue weighted by atomic mass is 10.1. The van der Waals surface area contributed by atoms with Crippen LogP contribution in [0.3, 0.4) is 0 Å². The van der Waals surface area contributed by atoms with Crippen molar-refractivity contribution in [2.24, 2.45) is 0 Å². The third kappa shape index (κ3) is 5.22. The maximum atomic E-state index is 14.4. The van der Waals surface area contributed by atoms with Crippen LogP contribution in [0.15, 0.2) is 24.3 Å². The number of alkyl halides is 3. The van der Waals surface area contributed by atoms with Gasteiger partial charge in [0.15, 0.2) is 17.4 Å². The third-order valence-electron chi connectivity index (χ3n) is 4.43. The molecule has 0 radical (unpaired) electrons. The van der Waals surface area contributed by atoms with Crippen molar-refractivity contribution in [3.63, 3.8) is 0 Å². The fourth-order valence-corrected chi connectivity index (χ4v) is 3.77. The van der Waals surface area contributed by atoms with Crippen LogP contribution in [0.4, 0.5) is 30.7 Å². The molecule has 0 bridgehead atoms. The molecule has 0 aliphatic heterocycles. The van der Waals surface area contributed by atoms with Crippen LogP contribution < -0.4 is 4.74 Å². The molecule has 1 N–H and O–H groups in total. The minimum Gasteiger partial charge on any atom is -0.483 e. The summed E-state index contributed by atoms with van der Waals surface area (Å²) < 4.78 is 106. The normalized spacial score (nSPS) is 11.6. The Morgan fingerprint density at radius 1 is 1.00 bits per heavy atom. The number of aromatic nitrogens is 1. The predicted octanol–water partition coefficient (Wildman–Crippen LogP) is 6.63. The van der Waals surface area contributed by atoms with E-state index in [9.17, 15) is 35.5 Å². The molecule has 13 heteroatoms. The summed E-state index contributed by atoms with van der Waals surface area (Å²) in [6, 6.07) is 5.49. The summed E-state index contributed by atoms with van der Waals surface area (Å²) in [4.78, 5) is 9.36. The lowest BCUT2D eigenvalue weighted by molar-refractivity contribution is -0.137. The largest absolute Gasteiger partial charge is 0.483 e. The zero-order chi connectivity index (χ0) is 24.5. The average Bonchev–Trinajstić information content (AvgIpc) is 3.17. The van der Waals surface area contributed by atoms with Gasteiger partial charge in [-0.3, -0.25) is 4.79 Å². The van der Waals surface area contributed by atoms with Crippen LogP contribution >= 0.6 is 23.1 Å². The minimum absolute atomic E-state index is 0.0645. The number of hydrogen-bond acceptors (Lipinski definition) is 4. The van der Waals surface area contributed by atoms with Gasteiger partial charge in [-0.15, -0.1) is 0 Å². The van der Waals surface area contributed by atoms with E-state index in [0.29, 0.717) is 5.02 Å². The number of hydrogen-bond donors (Lipinski definition) is 1. The molecular weight excluding hydrogens is 503 g/mol. The van der Waals surface area contributed by atoms with Gasteiger partial charge in [0.1, 0.15) is 11.5 Å². The van der Waals surface area contributed by atoms with E-state index in [0.717, 1.165) is 0 Å². The quantitative estimate of drug-likeness (QED) is 0.284. The number of carbonyl (C=O) groups is 1. The molecule has 3 rings (SSSR count). The smallest absolute Gasteiger partial charge is 0.427 e. The van der Waals surface area contributed by atoms with Crippen molar-refractivity contribution in [3.8, 4) is 17.0 Å².